The minimum absolute atomic E-state index is 0.0740. The number of ether oxygens (including phenoxy) is 2. The first-order valence-corrected chi connectivity index (χ1v) is 11.7. The molecule has 176 valence electrons. The zero-order valence-electron chi connectivity index (χ0n) is 16.7. The Balaban J connectivity index is 2.56. The lowest BCUT2D eigenvalue weighted by Crippen LogP contribution is -2.25. The van der Waals surface area contributed by atoms with Gasteiger partial charge in [0.05, 0.1) is 11.8 Å². The molecule has 0 heterocycles. The van der Waals surface area contributed by atoms with Gasteiger partial charge in [-0.15, -0.1) is 0 Å². The van der Waals surface area contributed by atoms with E-state index in [4.69, 9.17) is 11.5 Å². The van der Waals surface area contributed by atoms with Crippen LogP contribution in [0.3, 0.4) is 0 Å². The highest BCUT2D eigenvalue weighted by molar-refractivity contribution is 9.09. The van der Waals surface area contributed by atoms with E-state index in [1.165, 1.54) is 36.4 Å². The number of carbonyl (C=O) groups is 1. The molecule has 0 saturated carbocycles. The van der Waals surface area contributed by atoms with Gasteiger partial charge in [-0.25, -0.2) is 0 Å². The summed E-state index contributed by atoms with van der Waals surface area (Å²) in [5.41, 5.74) is 13.0. The topological polar surface area (TPSA) is 87.6 Å². The molecule has 0 aliphatic carbocycles. The molecule has 2 aromatic carbocycles. The molecular formula is C21H22Br2F4N2O3. The maximum absolute atomic E-state index is 13.6. The fraction of sp³-hybridized carbons (Fsp3) is 0.381. The first kappa shape index (κ1) is 26.6. The molecule has 0 spiro atoms. The van der Waals surface area contributed by atoms with Crippen molar-refractivity contribution in [1.29, 1.82) is 0 Å². The largest absolute Gasteiger partial charge is 0.435 e. The average molecular weight is 586 g/mol. The van der Waals surface area contributed by atoms with Crippen LogP contribution < -0.4 is 20.9 Å². The monoisotopic (exact) mass is 584 g/mol. The van der Waals surface area contributed by atoms with Gasteiger partial charge in [0.15, 0.2) is 0 Å². The molecule has 0 bridgehead atoms. The second-order valence-electron chi connectivity index (χ2n) is 6.73. The van der Waals surface area contributed by atoms with Crippen molar-refractivity contribution in [2.45, 2.75) is 38.1 Å². The number of alkyl halides is 6. The van der Waals surface area contributed by atoms with Crippen LogP contribution in [-0.2, 0) is 17.9 Å². The van der Waals surface area contributed by atoms with Crippen LogP contribution in [0.5, 0.6) is 11.5 Å². The third-order valence-corrected chi connectivity index (χ3v) is 6.09. The van der Waals surface area contributed by atoms with Gasteiger partial charge in [0.25, 0.3) is 0 Å². The SMILES string of the molecule is NCc1ccc(OC(F)F)c(C(CBr)C(=O)C(CBr)c2cc(CN)ccc2OC(F)F)c1. The number of hydrogen-bond donors (Lipinski definition) is 2. The Morgan fingerprint density at radius 1 is 0.781 bits per heavy atom. The zero-order chi connectivity index (χ0) is 23.8. The Labute approximate surface area is 199 Å². The molecule has 4 N–H and O–H groups in total. The van der Waals surface area contributed by atoms with Crippen LogP contribution in [0, 0.1) is 0 Å². The molecule has 0 amide bonds. The summed E-state index contributed by atoms with van der Waals surface area (Å²) in [5.74, 6) is -2.61. The first-order valence-electron chi connectivity index (χ1n) is 9.46. The quantitative estimate of drug-likeness (QED) is 0.269. The molecule has 0 radical (unpaired) electrons. The molecule has 0 aliphatic rings. The summed E-state index contributed by atoms with van der Waals surface area (Å²) in [6, 6.07) is 8.77. The molecule has 2 unspecified atom stereocenters. The number of nitrogens with two attached hydrogens (primary N) is 2. The van der Waals surface area contributed by atoms with Gasteiger partial charge >= 0.3 is 13.2 Å². The van der Waals surface area contributed by atoms with E-state index in [9.17, 15) is 22.4 Å². The molecule has 0 fully saturated rings. The van der Waals surface area contributed by atoms with Crippen molar-refractivity contribution in [2.75, 3.05) is 10.7 Å². The zero-order valence-corrected chi connectivity index (χ0v) is 19.9. The number of rotatable bonds is 12. The van der Waals surface area contributed by atoms with E-state index < -0.39 is 30.8 Å². The molecular weight excluding hydrogens is 564 g/mol. The van der Waals surface area contributed by atoms with Crippen LogP contribution >= 0.6 is 31.9 Å². The molecule has 32 heavy (non-hydrogen) atoms. The minimum atomic E-state index is -3.09. The van der Waals surface area contributed by atoms with Crippen LogP contribution in [0.2, 0.25) is 0 Å². The smallest absolute Gasteiger partial charge is 0.387 e. The third kappa shape index (κ3) is 6.66. The highest BCUT2D eigenvalue weighted by Gasteiger charge is 2.33. The fourth-order valence-corrected chi connectivity index (χ4v) is 4.60. The van der Waals surface area contributed by atoms with Gasteiger partial charge in [-0.3, -0.25) is 4.79 Å². The number of halogens is 6. The third-order valence-electron chi connectivity index (χ3n) is 4.80. The van der Waals surface area contributed by atoms with Crippen LogP contribution in [-0.4, -0.2) is 29.7 Å². The molecule has 0 saturated heterocycles. The minimum Gasteiger partial charge on any atom is -0.435 e. The van der Waals surface area contributed by atoms with E-state index in [-0.39, 0.29) is 46.4 Å². The lowest BCUT2D eigenvalue weighted by molar-refractivity contribution is -0.121. The predicted octanol–water partition coefficient (Wildman–Crippen LogP) is 5.03. The van der Waals surface area contributed by atoms with Crippen molar-refractivity contribution in [3.8, 4) is 11.5 Å². The molecule has 11 heteroatoms. The van der Waals surface area contributed by atoms with Crippen molar-refractivity contribution in [3.63, 3.8) is 0 Å². The maximum Gasteiger partial charge on any atom is 0.387 e. The van der Waals surface area contributed by atoms with Crippen molar-refractivity contribution in [3.05, 3.63) is 58.7 Å². The fourth-order valence-electron chi connectivity index (χ4n) is 3.27. The molecule has 2 rings (SSSR count). The van der Waals surface area contributed by atoms with E-state index in [1.807, 2.05) is 0 Å². The number of Topliss-reactive ketones (excluding diaryl/α,β-unsaturated/α-hetero) is 1. The van der Waals surface area contributed by atoms with Gasteiger partial charge < -0.3 is 20.9 Å². The van der Waals surface area contributed by atoms with Gasteiger partial charge in [-0.2, -0.15) is 17.6 Å². The lowest BCUT2D eigenvalue weighted by atomic mass is 9.84. The molecule has 5 nitrogen and oxygen atoms in total. The van der Waals surface area contributed by atoms with E-state index >= 15 is 0 Å². The van der Waals surface area contributed by atoms with Gasteiger partial charge in [-0.05, 0) is 23.3 Å². The number of ketones is 1. The highest BCUT2D eigenvalue weighted by Crippen LogP contribution is 2.38. The molecule has 2 aromatic rings. The van der Waals surface area contributed by atoms with Gasteiger partial charge in [0.1, 0.15) is 17.3 Å². The predicted molar refractivity (Wildman–Crippen MR) is 120 cm³/mol. The number of hydrogen-bond acceptors (Lipinski definition) is 5. The number of carbonyl (C=O) groups excluding carboxylic acids is 1. The van der Waals surface area contributed by atoms with Gasteiger partial charge in [0.2, 0.25) is 0 Å². The van der Waals surface area contributed by atoms with Gasteiger partial charge in [0, 0.05) is 34.9 Å². The Morgan fingerprint density at radius 3 is 1.44 bits per heavy atom. The van der Waals surface area contributed by atoms with Crippen LogP contribution in [0.1, 0.15) is 34.1 Å². The van der Waals surface area contributed by atoms with E-state index in [1.54, 1.807) is 0 Å². The van der Waals surface area contributed by atoms with Crippen LogP contribution in [0.15, 0.2) is 36.4 Å². The normalized spacial score (nSPS) is 13.3. The summed E-state index contributed by atoms with van der Waals surface area (Å²) >= 11 is 6.55. The standard InChI is InChI=1S/C21H22Br2F4N2O3/c22-7-15(13-5-11(9-28)1-3-17(13)31-20(24)25)19(30)16(8-23)14-6-12(10-29)2-4-18(14)32-21(26)27/h1-6,15-16,20-21H,7-10,28-29H2. The summed E-state index contributed by atoms with van der Waals surface area (Å²) in [4.78, 5) is 13.6. The Kier molecular flexibility index (Phi) is 10.4. The van der Waals surface area contributed by atoms with Gasteiger partial charge in [-0.1, -0.05) is 56.1 Å². The first-order chi connectivity index (χ1) is 15.2. The van der Waals surface area contributed by atoms with Crippen molar-refractivity contribution >= 4 is 37.6 Å². The molecule has 0 aromatic heterocycles. The van der Waals surface area contributed by atoms with Crippen molar-refractivity contribution in [2.24, 2.45) is 11.5 Å². The lowest BCUT2D eigenvalue weighted by Gasteiger charge is -2.24. The second kappa shape index (κ2) is 12.5. The van der Waals surface area contributed by atoms with E-state index in [0.717, 1.165) is 0 Å². The summed E-state index contributed by atoms with van der Waals surface area (Å²) in [6.45, 7) is -5.94. The van der Waals surface area contributed by atoms with Crippen LogP contribution in [0.25, 0.3) is 0 Å². The number of benzene rings is 2. The summed E-state index contributed by atoms with van der Waals surface area (Å²) in [7, 11) is 0. The Bertz CT molecular complexity index is 847. The van der Waals surface area contributed by atoms with Crippen molar-refractivity contribution < 1.29 is 31.8 Å². The Hall–Kier alpha value is -1.69. The summed E-state index contributed by atoms with van der Waals surface area (Å²) < 4.78 is 61.0. The maximum atomic E-state index is 13.6. The van der Waals surface area contributed by atoms with E-state index in [0.29, 0.717) is 11.1 Å². The van der Waals surface area contributed by atoms with E-state index in [2.05, 4.69) is 41.3 Å². The Morgan fingerprint density at radius 2 is 1.16 bits per heavy atom. The molecule has 0 aliphatic heterocycles. The summed E-state index contributed by atoms with van der Waals surface area (Å²) in [5, 5.41) is 0.148. The average Bonchev–Trinajstić information content (AvgIpc) is 2.76. The second-order valence-corrected chi connectivity index (χ2v) is 8.02. The highest BCUT2D eigenvalue weighted by atomic mass is 79.9. The molecule has 2 atom stereocenters. The van der Waals surface area contributed by atoms with Crippen molar-refractivity contribution in [1.82, 2.24) is 0 Å². The summed E-state index contributed by atoms with van der Waals surface area (Å²) in [6.07, 6.45) is 0. The van der Waals surface area contributed by atoms with Crippen LogP contribution in [0.4, 0.5) is 17.6 Å².